The molecule has 0 saturated heterocycles. The highest BCUT2D eigenvalue weighted by atomic mass is 35.5. The van der Waals surface area contributed by atoms with Crippen molar-refractivity contribution in [3.63, 3.8) is 0 Å². The summed E-state index contributed by atoms with van der Waals surface area (Å²) in [7, 11) is 1.37. The number of aryl methyl sites for hydroxylation is 1. The lowest BCUT2D eigenvalue weighted by Gasteiger charge is -2.16. The molecule has 1 atom stereocenters. The van der Waals surface area contributed by atoms with Gasteiger partial charge in [0.05, 0.1) is 0 Å². The Balaban J connectivity index is 2.21. The maximum Gasteiger partial charge on any atom is 0.337 e. The number of benzene rings is 2. The smallest absolute Gasteiger partial charge is 0.337 e. The summed E-state index contributed by atoms with van der Waals surface area (Å²) in [6.07, 6.45) is -1.01. The van der Waals surface area contributed by atoms with Gasteiger partial charge < -0.3 is 14.6 Å². The van der Waals surface area contributed by atoms with Crippen LogP contribution in [-0.2, 0) is 16.1 Å². The van der Waals surface area contributed by atoms with E-state index in [2.05, 4.69) is 0 Å². The predicted octanol–water partition coefficient (Wildman–Crippen LogP) is 4.00. The molecule has 0 fully saturated rings. The maximum absolute atomic E-state index is 11.3. The van der Waals surface area contributed by atoms with Gasteiger partial charge in [0.2, 0.25) is 0 Å². The summed E-state index contributed by atoms with van der Waals surface area (Å²) in [6, 6.07) is 12.5. The Hall–Kier alpha value is -2.04. The quantitative estimate of drug-likeness (QED) is 0.874. The number of carboxylic acids is 1. The van der Waals surface area contributed by atoms with Gasteiger partial charge in [0.15, 0.2) is 6.10 Å². The Morgan fingerprint density at radius 1 is 1.27 bits per heavy atom. The summed E-state index contributed by atoms with van der Waals surface area (Å²) < 4.78 is 10.8. The third-order valence-electron chi connectivity index (χ3n) is 3.32. The molecule has 2 aromatic carbocycles. The number of rotatable bonds is 6. The number of carboxylic acid groups (broad SMARTS) is 1. The number of hydrogen-bond donors (Lipinski definition) is 1. The molecule has 0 aliphatic rings. The zero-order valence-corrected chi connectivity index (χ0v) is 13.1. The molecular formula is C17H17ClO4. The summed E-state index contributed by atoms with van der Waals surface area (Å²) >= 11 is 5.92. The molecule has 0 amide bonds. The first kappa shape index (κ1) is 16.3. The summed E-state index contributed by atoms with van der Waals surface area (Å²) in [5.41, 5.74) is 2.28. The highest BCUT2D eigenvalue weighted by Gasteiger charge is 2.21. The van der Waals surface area contributed by atoms with Gasteiger partial charge in [-0.3, -0.25) is 0 Å². The number of methoxy groups -OCH3 is 1. The van der Waals surface area contributed by atoms with Crippen LogP contribution in [0.3, 0.4) is 0 Å². The van der Waals surface area contributed by atoms with Crippen molar-refractivity contribution in [3.8, 4) is 5.75 Å². The third-order valence-corrected chi connectivity index (χ3v) is 3.55. The second-order valence-electron chi connectivity index (χ2n) is 4.85. The lowest BCUT2D eigenvalue weighted by Crippen LogP contribution is -2.16. The highest BCUT2D eigenvalue weighted by Crippen LogP contribution is 2.25. The largest absolute Gasteiger partial charge is 0.489 e. The van der Waals surface area contributed by atoms with Gasteiger partial charge >= 0.3 is 5.97 Å². The van der Waals surface area contributed by atoms with Crippen molar-refractivity contribution in [1.29, 1.82) is 0 Å². The molecule has 0 aromatic heterocycles. The van der Waals surface area contributed by atoms with Crippen molar-refractivity contribution in [3.05, 3.63) is 64.2 Å². The van der Waals surface area contributed by atoms with Gasteiger partial charge in [-0.1, -0.05) is 35.9 Å². The number of ether oxygens (including phenoxy) is 2. The Morgan fingerprint density at radius 3 is 2.64 bits per heavy atom. The minimum atomic E-state index is -1.03. The molecule has 2 rings (SSSR count). The van der Waals surface area contributed by atoms with E-state index >= 15 is 0 Å². The number of halogens is 1. The topological polar surface area (TPSA) is 55.8 Å². The van der Waals surface area contributed by atoms with Crippen LogP contribution in [-0.4, -0.2) is 18.2 Å². The second kappa shape index (κ2) is 7.29. The molecule has 116 valence electrons. The number of aliphatic carboxylic acids is 1. The van der Waals surface area contributed by atoms with Gasteiger partial charge in [0.1, 0.15) is 12.4 Å². The van der Waals surface area contributed by atoms with Crippen LogP contribution in [0.5, 0.6) is 5.75 Å². The Labute approximate surface area is 134 Å². The molecular weight excluding hydrogens is 304 g/mol. The molecule has 0 heterocycles. The lowest BCUT2D eigenvalue weighted by molar-refractivity contribution is -0.148. The molecule has 2 aromatic rings. The van der Waals surface area contributed by atoms with Crippen molar-refractivity contribution in [2.24, 2.45) is 0 Å². The molecule has 0 aliphatic carbocycles. The molecule has 5 heteroatoms. The fraction of sp³-hybridized carbons (Fsp3) is 0.235. The van der Waals surface area contributed by atoms with Crippen LogP contribution in [0, 0.1) is 6.92 Å². The van der Waals surface area contributed by atoms with Gasteiger partial charge in [0, 0.05) is 12.1 Å². The van der Waals surface area contributed by atoms with Crippen molar-refractivity contribution in [1.82, 2.24) is 0 Å². The van der Waals surface area contributed by atoms with Crippen LogP contribution in [0.4, 0.5) is 0 Å². The number of hydrogen-bond acceptors (Lipinski definition) is 3. The van der Waals surface area contributed by atoms with Crippen molar-refractivity contribution < 1.29 is 19.4 Å². The first-order valence-electron chi connectivity index (χ1n) is 6.75. The Kier molecular flexibility index (Phi) is 5.41. The zero-order valence-electron chi connectivity index (χ0n) is 12.4. The summed E-state index contributed by atoms with van der Waals surface area (Å²) in [6.45, 7) is 2.16. The van der Waals surface area contributed by atoms with Gasteiger partial charge in [-0.15, -0.1) is 0 Å². The van der Waals surface area contributed by atoms with E-state index in [0.717, 1.165) is 11.1 Å². The molecule has 0 aliphatic heterocycles. The summed E-state index contributed by atoms with van der Waals surface area (Å²) in [5.74, 6) is -0.318. The van der Waals surface area contributed by atoms with Crippen LogP contribution in [0.15, 0.2) is 42.5 Å². The molecule has 1 unspecified atom stereocenters. The molecule has 22 heavy (non-hydrogen) atoms. The van der Waals surface area contributed by atoms with Gasteiger partial charge in [0.25, 0.3) is 0 Å². The zero-order chi connectivity index (χ0) is 16.1. The minimum Gasteiger partial charge on any atom is -0.489 e. The molecule has 0 spiro atoms. The average Bonchev–Trinajstić information content (AvgIpc) is 2.48. The first-order chi connectivity index (χ1) is 10.5. The highest BCUT2D eigenvalue weighted by molar-refractivity contribution is 6.30. The fourth-order valence-electron chi connectivity index (χ4n) is 2.21. The van der Waals surface area contributed by atoms with E-state index in [-0.39, 0.29) is 6.61 Å². The second-order valence-corrected chi connectivity index (χ2v) is 5.29. The van der Waals surface area contributed by atoms with E-state index in [9.17, 15) is 9.90 Å². The van der Waals surface area contributed by atoms with E-state index in [1.165, 1.54) is 7.11 Å². The van der Waals surface area contributed by atoms with Crippen LogP contribution in [0.25, 0.3) is 0 Å². The van der Waals surface area contributed by atoms with E-state index in [4.69, 9.17) is 21.1 Å². The van der Waals surface area contributed by atoms with Crippen LogP contribution < -0.4 is 4.74 Å². The van der Waals surface area contributed by atoms with Gasteiger partial charge in [-0.2, -0.15) is 0 Å². The first-order valence-corrected chi connectivity index (χ1v) is 7.13. The van der Waals surface area contributed by atoms with Crippen molar-refractivity contribution in [2.75, 3.05) is 7.11 Å². The molecule has 0 bridgehead atoms. The third kappa shape index (κ3) is 3.78. The maximum atomic E-state index is 11.3. The van der Waals surface area contributed by atoms with Gasteiger partial charge in [-0.25, -0.2) is 4.79 Å². The standard InChI is InChI=1S/C17H17ClO4/c1-11-9-13(18)7-8-15(11)22-10-12-5-3-4-6-14(12)16(21-2)17(19)20/h3-9,16H,10H2,1-2H3,(H,19,20). The molecule has 0 saturated carbocycles. The summed E-state index contributed by atoms with van der Waals surface area (Å²) in [4.78, 5) is 11.3. The summed E-state index contributed by atoms with van der Waals surface area (Å²) in [5, 5.41) is 9.88. The van der Waals surface area contributed by atoms with Crippen molar-refractivity contribution >= 4 is 17.6 Å². The molecule has 0 radical (unpaired) electrons. The van der Waals surface area contributed by atoms with E-state index in [0.29, 0.717) is 16.3 Å². The normalized spacial score (nSPS) is 12.0. The lowest BCUT2D eigenvalue weighted by atomic mass is 10.0. The van der Waals surface area contributed by atoms with E-state index in [1.807, 2.05) is 25.1 Å². The van der Waals surface area contributed by atoms with Crippen LogP contribution >= 0.6 is 11.6 Å². The predicted molar refractivity (Wildman–Crippen MR) is 84.3 cm³/mol. The van der Waals surface area contributed by atoms with E-state index < -0.39 is 12.1 Å². The monoisotopic (exact) mass is 320 g/mol. The Morgan fingerprint density at radius 2 is 2.00 bits per heavy atom. The number of carbonyl (C=O) groups is 1. The van der Waals surface area contributed by atoms with E-state index in [1.54, 1.807) is 24.3 Å². The van der Waals surface area contributed by atoms with Gasteiger partial charge in [-0.05, 0) is 41.8 Å². The van der Waals surface area contributed by atoms with Crippen molar-refractivity contribution in [2.45, 2.75) is 19.6 Å². The fourth-order valence-corrected chi connectivity index (χ4v) is 2.44. The molecule has 4 nitrogen and oxygen atoms in total. The van der Waals surface area contributed by atoms with Crippen LogP contribution in [0.1, 0.15) is 22.8 Å². The SMILES string of the molecule is COC(C(=O)O)c1ccccc1COc1ccc(Cl)cc1C. The Bertz CT molecular complexity index is 669. The molecule has 1 N–H and O–H groups in total. The minimum absolute atomic E-state index is 0.256. The average molecular weight is 321 g/mol. The van der Waals surface area contributed by atoms with Crippen LogP contribution in [0.2, 0.25) is 5.02 Å².